The van der Waals surface area contributed by atoms with Gasteiger partial charge in [-0.3, -0.25) is 10.3 Å². The molecule has 0 unspecified atom stereocenters. The van der Waals surface area contributed by atoms with Crippen LogP contribution in [0.2, 0.25) is 0 Å². The highest BCUT2D eigenvalue weighted by molar-refractivity contribution is 5.97. The van der Waals surface area contributed by atoms with Crippen LogP contribution in [0, 0.1) is 10.3 Å². The Balaban J connectivity index is 1.61. The van der Waals surface area contributed by atoms with Crippen molar-refractivity contribution in [3.8, 4) is 0 Å². The average Bonchev–Trinajstić information content (AvgIpc) is 2.73. The van der Waals surface area contributed by atoms with Crippen LogP contribution in [0.15, 0.2) is 54.6 Å². The van der Waals surface area contributed by atoms with Gasteiger partial charge in [0.15, 0.2) is 4.87 Å². The molecule has 0 bridgehead atoms. The zero-order chi connectivity index (χ0) is 19.1. The maximum atomic E-state index is 12.4. The van der Waals surface area contributed by atoms with E-state index in [9.17, 15) is 4.91 Å². The minimum absolute atomic E-state index is 0.486. The molecule has 0 aromatic heterocycles. The number of anilines is 1. The van der Waals surface area contributed by atoms with Crippen molar-refractivity contribution in [1.82, 2.24) is 9.80 Å². The van der Waals surface area contributed by atoms with Crippen LogP contribution in [0.1, 0.15) is 25.3 Å². The number of nitrogens with one attached hydrogen (secondary N) is 2. The van der Waals surface area contributed by atoms with E-state index in [1.165, 1.54) is 12.8 Å². The van der Waals surface area contributed by atoms with Crippen molar-refractivity contribution < 1.29 is 4.87 Å². The van der Waals surface area contributed by atoms with Gasteiger partial charge in [-0.15, -0.1) is 5.43 Å². The third-order valence-electron chi connectivity index (χ3n) is 4.87. The van der Waals surface area contributed by atoms with Gasteiger partial charge in [-0.25, -0.2) is 0 Å². The zero-order valence-corrected chi connectivity index (χ0v) is 15.9. The summed E-state index contributed by atoms with van der Waals surface area (Å²) in [6.07, 6.45) is 2.44. The van der Waals surface area contributed by atoms with Crippen molar-refractivity contribution in [3.63, 3.8) is 0 Å². The van der Waals surface area contributed by atoms with Gasteiger partial charge >= 0.3 is 0 Å². The van der Waals surface area contributed by atoms with E-state index in [-0.39, 0.29) is 0 Å². The number of para-hydroxylation sites is 1. The van der Waals surface area contributed by atoms with Crippen molar-refractivity contribution in [2.24, 2.45) is 0 Å². The molecule has 2 N–H and O–H groups in total. The second kappa shape index (κ2) is 9.28. The summed E-state index contributed by atoms with van der Waals surface area (Å²) in [4.78, 5) is 17.7. The summed E-state index contributed by atoms with van der Waals surface area (Å²) >= 11 is 0. The van der Waals surface area contributed by atoms with Gasteiger partial charge in [0, 0.05) is 43.9 Å². The second-order valence-corrected chi connectivity index (χ2v) is 6.85. The minimum Gasteiger partial charge on any atom is -0.354 e. The predicted molar refractivity (Wildman–Crippen MR) is 110 cm³/mol. The van der Waals surface area contributed by atoms with E-state index in [1.54, 1.807) is 12.1 Å². The molecule has 1 aliphatic rings. The zero-order valence-electron chi connectivity index (χ0n) is 15.9. The predicted octanol–water partition coefficient (Wildman–Crippen LogP) is 3.87. The summed E-state index contributed by atoms with van der Waals surface area (Å²) in [6.45, 7) is 7.05. The molecule has 0 radical (unpaired) electrons. The first kappa shape index (κ1) is 19.0. The van der Waals surface area contributed by atoms with Crippen molar-refractivity contribution >= 4 is 17.2 Å². The van der Waals surface area contributed by atoms with Crippen LogP contribution in [-0.4, -0.2) is 53.2 Å². The summed E-state index contributed by atoms with van der Waals surface area (Å²) in [6, 6.07) is 16.6. The fourth-order valence-corrected chi connectivity index (χ4v) is 3.23. The first-order chi connectivity index (χ1) is 13.2. The smallest absolute Gasteiger partial charge is 0.293 e. The number of benzene rings is 2. The maximum absolute atomic E-state index is 12.4. The quantitative estimate of drug-likeness (QED) is 0.338. The van der Waals surface area contributed by atoms with E-state index in [0.717, 1.165) is 48.8 Å². The molecule has 0 aliphatic carbocycles. The number of hydrazine groups is 1. The molecule has 1 saturated heterocycles. The molecule has 0 amide bonds. The number of nitroso groups, excluding NO2 is 1. The van der Waals surface area contributed by atoms with Gasteiger partial charge in [0.05, 0.1) is 4.91 Å². The molecule has 0 saturated carbocycles. The maximum Gasteiger partial charge on any atom is 0.293 e. The minimum atomic E-state index is 0.486. The van der Waals surface area contributed by atoms with Gasteiger partial charge in [-0.1, -0.05) is 43.7 Å². The summed E-state index contributed by atoms with van der Waals surface area (Å²) in [7, 11) is 0. The molecule has 6 heteroatoms. The Morgan fingerprint density at radius 3 is 2.52 bits per heavy atom. The normalized spacial score (nSPS) is 14.8. The van der Waals surface area contributed by atoms with E-state index in [2.05, 4.69) is 22.1 Å². The standard InChI is InChI=1S/C21H28N5O/c1-2-3-12-24-13-15-25(16-14-24)21(22)18-8-7-11-20(17-18)26(27)23-19-9-5-4-6-10-19/h4-11,17,22H,2-3,12-16H2,1H3,(H,23,27)/q+1. The highest BCUT2D eigenvalue weighted by Crippen LogP contribution is 2.18. The third-order valence-corrected chi connectivity index (χ3v) is 4.87. The fourth-order valence-electron chi connectivity index (χ4n) is 3.23. The summed E-state index contributed by atoms with van der Waals surface area (Å²) < 4.78 is 0. The Morgan fingerprint density at radius 2 is 1.81 bits per heavy atom. The molecule has 0 atom stereocenters. The molecule has 6 nitrogen and oxygen atoms in total. The Bertz CT molecular complexity index is 769. The Labute approximate surface area is 160 Å². The third kappa shape index (κ3) is 5.14. The van der Waals surface area contributed by atoms with Gasteiger partial charge < -0.3 is 4.90 Å². The fraction of sp³-hybridized carbons (Fsp3) is 0.381. The topological polar surface area (TPSA) is 62.4 Å². The van der Waals surface area contributed by atoms with E-state index in [1.807, 2.05) is 42.5 Å². The van der Waals surface area contributed by atoms with Crippen molar-refractivity contribution in [2.75, 3.05) is 38.1 Å². The van der Waals surface area contributed by atoms with Gasteiger partial charge in [0.1, 0.15) is 11.5 Å². The first-order valence-corrected chi connectivity index (χ1v) is 9.62. The highest BCUT2D eigenvalue weighted by Gasteiger charge is 2.21. The lowest BCUT2D eigenvalue weighted by atomic mass is 10.1. The molecule has 27 heavy (non-hydrogen) atoms. The van der Waals surface area contributed by atoms with E-state index in [0.29, 0.717) is 11.5 Å². The van der Waals surface area contributed by atoms with Crippen LogP contribution >= 0.6 is 0 Å². The largest absolute Gasteiger partial charge is 0.354 e. The van der Waals surface area contributed by atoms with Crippen LogP contribution in [0.5, 0.6) is 0 Å². The Kier molecular flexibility index (Phi) is 6.54. The molecule has 1 aliphatic heterocycles. The number of hydrogen-bond acceptors (Lipinski definition) is 3. The number of nitrogens with zero attached hydrogens (tertiary/aromatic N) is 3. The SMILES string of the molecule is CCCCN1CCN(C(=N)c2cccc([N+](=O)Nc3ccccc3)c2)CC1. The number of piperazine rings is 1. The molecular weight excluding hydrogens is 338 g/mol. The molecule has 0 spiro atoms. The lowest BCUT2D eigenvalue weighted by Gasteiger charge is -2.36. The molecule has 142 valence electrons. The summed E-state index contributed by atoms with van der Waals surface area (Å²) in [5.74, 6) is 0.486. The van der Waals surface area contributed by atoms with Crippen molar-refractivity contribution in [1.29, 1.82) is 5.41 Å². The van der Waals surface area contributed by atoms with Crippen LogP contribution in [-0.2, 0) is 0 Å². The Morgan fingerprint density at radius 1 is 1.07 bits per heavy atom. The van der Waals surface area contributed by atoms with Crippen LogP contribution in [0.25, 0.3) is 0 Å². The molecule has 1 heterocycles. The second-order valence-electron chi connectivity index (χ2n) is 6.85. The van der Waals surface area contributed by atoms with Gasteiger partial charge in [-0.05, 0) is 25.1 Å². The molecule has 3 rings (SSSR count). The lowest BCUT2D eigenvalue weighted by Crippen LogP contribution is -2.48. The Hall–Kier alpha value is -2.73. The van der Waals surface area contributed by atoms with Crippen LogP contribution < -0.4 is 5.43 Å². The van der Waals surface area contributed by atoms with Crippen molar-refractivity contribution in [2.45, 2.75) is 19.8 Å². The summed E-state index contributed by atoms with van der Waals surface area (Å²) in [5.41, 5.74) is 4.81. The summed E-state index contributed by atoms with van der Waals surface area (Å²) in [5, 5.41) is 8.55. The van der Waals surface area contributed by atoms with E-state index >= 15 is 0 Å². The first-order valence-electron chi connectivity index (χ1n) is 9.62. The van der Waals surface area contributed by atoms with Crippen LogP contribution in [0.3, 0.4) is 0 Å². The van der Waals surface area contributed by atoms with Gasteiger partial charge in [0.2, 0.25) is 0 Å². The van der Waals surface area contributed by atoms with Gasteiger partial charge in [-0.2, -0.15) is 0 Å². The number of rotatable bonds is 7. The monoisotopic (exact) mass is 366 g/mol. The van der Waals surface area contributed by atoms with E-state index in [4.69, 9.17) is 5.41 Å². The highest BCUT2D eigenvalue weighted by atomic mass is 16.3. The van der Waals surface area contributed by atoms with Gasteiger partial charge in [0.25, 0.3) is 5.69 Å². The average molecular weight is 366 g/mol. The van der Waals surface area contributed by atoms with Crippen LogP contribution in [0.4, 0.5) is 11.4 Å². The molecule has 2 aromatic carbocycles. The number of hydrogen-bond donors (Lipinski definition) is 2. The molecular formula is C21H28N5O+. The number of unbranched alkanes of at least 4 members (excludes halogenated alkanes) is 1. The van der Waals surface area contributed by atoms with E-state index < -0.39 is 0 Å². The lowest BCUT2D eigenvalue weighted by molar-refractivity contribution is -0.427. The number of amidine groups is 1. The molecule has 2 aromatic rings. The van der Waals surface area contributed by atoms with Crippen molar-refractivity contribution in [3.05, 3.63) is 65.1 Å². The molecule has 1 fully saturated rings.